The number of rotatable bonds is 4. The van der Waals surface area contributed by atoms with Crippen molar-refractivity contribution < 1.29 is 4.79 Å². The fourth-order valence-electron chi connectivity index (χ4n) is 2.31. The van der Waals surface area contributed by atoms with Crippen molar-refractivity contribution >= 4 is 21.8 Å². The first-order chi connectivity index (χ1) is 8.19. The third-order valence-corrected chi connectivity index (χ3v) is 4.18. The SMILES string of the molecule is Cc1cccc(CCN2CC(CBr)CC2=O)c1. The van der Waals surface area contributed by atoms with Gasteiger partial charge in [-0.2, -0.15) is 0 Å². The lowest BCUT2D eigenvalue weighted by Gasteiger charge is -2.16. The number of halogens is 1. The highest BCUT2D eigenvalue weighted by Gasteiger charge is 2.28. The topological polar surface area (TPSA) is 20.3 Å². The third kappa shape index (κ3) is 3.32. The largest absolute Gasteiger partial charge is 0.342 e. The predicted molar refractivity (Wildman–Crippen MR) is 73.4 cm³/mol. The van der Waals surface area contributed by atoms with Crippen molar-refractivity contribution in [2.45, 2.75) is 19.8 Å². The van der Waals surface area contributed by atoms with Crippen molar-refractivity contribution in [2.75, 3.05) is 18.4 Å². The van der Waals surface area contributed by atoms with Gasteiger partial charge in [-0.15, -0.1) is 0 Å². The highest BCUT2D eigenvalue weighted by atomic mass is 79.9. The molecule has 2 nitrogen and oxygen atoms in total. The molecule has 2 rings (SSSR count). The van der Waals surface area contributed by atoms with E-state index in [1.807, 2.05) is 4.90 Å². The summed E-state index contributed by atoms with van der Waals surface area (Å²) in [6, 6.07) is 8.52. The number of hydrogen-bond donors (Lipinski definition) is 0. The standard InChI is InChI=1S/C14H18BrNO/c1-11-3-2-4-12(7-11)5-6-16-10-13(9-15)8-14(16)17/h2-4,7,13H,5-6,8-10H2,1H3. The average Bonchev–Trinajstić information content (AvgIpc) is 2.68. The fraction of sp³-hybridized carbons (Fsp3) is 0.500. The zero-order chi connectivity index (χ0) is 12.3. The first-order valence-corrected chi connectivity index (χ1v) is 7.20. The molecule has 1 aromatic carbocycles. The maximum Gasteiger partial charge on any atom is 0.222 e. The molecular weight excluding hydrogens is 278 g/mol. The van der Waals surface area contributed by atoms with E-state index in [4.69, 9.17) is 0 Å². The smallest absolute Gasteiger partial charge is 0.222 e. The molecule has 1 atom stereocenters. The molecule has 0 aliphatic carbocycles. The minimum Gasteiger partial charge on any atom is -0.342 e. The lowest BCUT2D eigenvalue weighted by atomic mass is 10.1. The van der Waals surface area contributed by atoms with Crippen molar-refractivity contribution in [3.63, 3.8) is 0 Å². The molecule has 1 unspecified atom stereocenters. The second-order valence-corrected chi connectivity index (χ2v) is 5.45. The Morgan fingerprint density at radius 2 is 2.29 bits per heavy atom. The number of amides is 1. The number of carbonyl (C=O) groups is 1. The van der Waals surface area contributed by atoms with Crippen molar-refractivity contribution in [2.24, 2.45) is 5.92 Å². The molecule has 0 radical (unpaired) electrons. The lowest BCUT2D eigenvalue weighted by molar-refractivity contribution is -0.127. The van der Waals surface area contributed by atoms with Gasteiger partial charge in [0.25, 0.3) is 0 Å². The molecule has 0 spiro atoms. The van der Waals surface area contributed by atoms with E-state index < -0.39 is 0 Å². The van der Waals surface area contributed by atoms with Gasteiger partial charge in [-0.3, -0.25) is 4.79 Å². The van der Waals surface area contributed by atoms with E-state index in [1.54, 1.807) is 0 Å². The number of nitrogens with zero attached hydrogens (tertiary/aromatic N) is 1. The van der Waals surface area contributed by atoms with E-state index in [-0.39, 0.29) is 0 Å². The van der Waals surface area contributed by atoms with Crippen molar-refractivity contribution in [3.05, 3.63) is 35.4 Å². The lowest BCUT2D eigenvalue weighted by Crippen LogP contribution is -2.27. The van der Waals surface area contributed by atoms with E-state index >= 15 is 0 Å². The van der Waals surface area contributed by atoms with Crippen LogP contribution in [0.2, 0.25) is 0 Å². The average molecular weight is 296 g/mol. The molecule has 1 aliphatic heterocycles. The molecule has 1 amide bonds. The minimum atomic E-state index is 0.308. The monoisotopic (exact) mass is 295 g/mol. The Morgan fingerprint density at radius 1 is 1.47 bits per heavy atom. The van der Waals surface area contributed by atoms with Gasteiger partial charge in [-0.25, -0.2) is 0 Å². The predicted octanol–water partition coefficient (Wildman–Crippen LogP) is 2.78. The van der Waals surface area contributed by atoms with Gasteiger partial charge < -0.3 is 4.90 Å². The number of aryl methyl sites for hydroxylation is 1. The number of benzene rings is 1. The van der Waals surface area contributed by atoms with Crippen LogP contribution in [0.15, 0.2) is 24.3 Å². The Hall–Kier alpha value is -0.830. The summed E-state index contributed by atoms with van der Waals surface area (Å²) in [4.78, 5) is 13.7. The summed E-state index contributed by atoms with van der Waals surface area (Å²) in [5.41, 5.74) is 2.61. The Balaban J connectivity index is 1.88. The fourth-order valence-corrected chi connectivity index (χ4v) is 2.74. The van der Waals surface area contributed by atoms with Crippen molar-refractivity contribution in [1.82, 2.24) is 4.90 Å². The van der Waals surface area contributed by atoms with E-state index in [0.717, 1.165) is 24.8 Å². The molecular formula is C14H18BrNO. The molecule has 17 heavy (non-hydrogen) atoms. The van der Waals surface area contributed by atoms with Gasteiger partial charge in [-0.05, 0) is 24.8 Å². The van der Waals surface area contributed by atoms with Crippen LogP contribution in [-0.2, 0) is 11.2 Å². The Labute approximate surface area is 111 Å². The number of hydrogen-bond acceptors (Lipinski definition) is 1. The molecule has 1 aliphatic rings. The van der Waals surface area contributed by atoms with E-state index in [0.29, 0.717) is 18.2 Å². The molecule has 3 heteroatoms. The summed E-state index contributed by atoms with van der Waals surface area (Å²) in [5, 5.41) is 0.930. The van der Waals surface area contributed by atoms with Gasteiger partial charge in [0.05, 0.1) is 0 Å². The minimum absolute atomic E-state index is 0.308. The number of carbonyl (C=O) groups excluding carboxylic acids is 1. The first-order valence-electron chi connectivity index (χ1n) is 6.08. The maximum absolute atomic E-state index is 11.7. The maximum atomic E-state index is 11.7. The summed E-state index contributed by atoms with van der Waals surface area (Å²) < 4.78 is 0. The summed E-state index contributed by atoms with van der Waals surface area (Å²) in [7, 11) is 0. The van der Waals surface area contributed by atoms with E-state index in [9.17, 15) is 4.79 Å². The van der Waals surface area contributed by atoms with E-state index in [2.05, 4.69) is 47.1 Å². The quantitative estimate of drug-likeness (QED) is 0.782. The molecule has 0 aromatic heterocycles. The summed E-state index contributed by atoms with van der Waals surface area (Å²) in [5.74, 6) is 0.808. The number of likely N-dealkylation sites (tertiary alicyclic amines) is 1. The Kier molecular flexibility index (Phi) is 4.21. The summed E-state index contributed by atoms with van der Waals surface area (Å²) >= 11 is 3.46. The van der Waals surface area contributed by atoms with Crippen LogP contribution in [0.5, 0.6) is 0 Å². The van der Waals surface area contributed by atoms with Crippen LogP contribution >= 0.6 is 15.9 Å². The molecule has 1 aromatic rings. The van der Waals surface area contributed by atoms with Crippen LogP contribution in [0, 0.1) is 12.8 Å². The second-order valence-electron chi connectivity index (χ2n) is 4.80. The molecule has 0 saturated carbocycles. The van der Waals surface area contributed by atoms with Crippen molar-refractivity contribution in [3.8, 4) is 0 Å². The number of alkyl halides is 1. The van der Waals surface area contributed by atoms with Crippen LogP contribution in [0.3, 0.4) is 0 Å². The van der Waals surface area contributed by atoms with Crippen LogP contribution < -0.4 is 0 Å². The third-order valence-electron chi connectivity index (χ3n) is 3.27. The molecule has 0 bridgehead atoms. The highest BCUT2D eigenvalue weighted by molar-refractivity contribution is 9.09. The van der Waals surface area contributed by atoms with E-state index in [1.165, 1.54) is 11.1 Å². The van der Waals surface area contributed by atoms with Gasteiger partial charge in [-0.1, -0.05) is 45.8 Å². The second kappa shape index (κ2) is 5.67. The molecule has 92 valence electrons. The Morgan fingerprint density at radius 3 is 2.94 bits per heavy atom. The van der Waals surface area contributed by atoms with Gasteiger partial charge >= 0.3 is 0 Å². The van der Waals surface area contributed by atoms with Gasteiger partial charge in [0.1, 0.15) is 0 Å². The van der Waals surface area contributed by atoms with Crippen molar-refractivity contribution in [1.29, 1.82) is 0 Å². The van der Waals surface area contributed by atoms with Gasteiger partial charge in [0.2, 0.25) is 5.91 Å². The molecule has 0 N–H and O–H groups in total. The summed E-state index contributed by atoms with van der Waals surface area (Å²) in [6.07, 6.45) is 1.67. The van der Waals surface area contributed by atoms with Crippen LogP contribution in [0.4, 0.5) is 0 Å². The Bertz CT molecular complexity index is 405. The normalized spacial score (nSPS) is 20.0. The zero-order valence-corrected chi connectivity index (χ0v) is 11.7. The first kappa shape index (κ1) is 12.6. The molecule has 1 heterocycles. The molecule has 1 saturated heterocycles. The van der Waals surface area contributed by atoms with Crippen LogP contribution in [-0.4, -0.2) is 29.2 Å². The van der Waals surface area contributed by atoms with Crippen LogP contribution in [0.25, 0.3) is 0 Å². The summed E-state index contributed by atoms with van der Waals surface area (Å²) in [6.45, 7) is 3.87. The van der Waals surface area contributed by atoms with Crippen LogP contribution in [0.1, 0.15) is 17.5 Å². The highest BCUT2D eigenvalue weighted by Crippen LogP contribution is 2.19. The van der Waals surface area contributed by atoms with Gasteiger partial charge in [0.15, 0.2) is 0 Å². The van der Waals surface area contributed by atoms with Gasteiger partial charge in [0, 0.05) is 24.8 Å². The molecule has 1 fully saturated rings. The zero-order valence-electron chi connectivity index (χ0n) is 10.2.